The number of halogens is 2. The molecule has 0 fully saturated rings. The van der Waals surface area contributed by atoms with Crippen molar-refractivity contribution in [3.63, 3.8) is 0 Å². The van der Waals surface area contributed by atoms with Crippen molar-refractivity contribution in [3.8, 4) is 5.75 Å². The Kier molecular flexibility index (Phi) is 7.92. The zero-order valence-electron chi connectivity index (χ0n) is 17.7. The SMILES string of the molecule is COCCn1c(NC(=O)COc2ccc(F)cc2F)c(NCc2ccccc2)c(=O)[nH]c1=O. The van der Waals surface area contributed by atoms with E-state index >= 15 is 0 Å². The lowest BCUT2D eigenvalue weighted by atomic mass is 10.2. The first-order valence-electron chi connectivity index (χ1n) is 9.90. The van der Waals surface area contributed by atoms with Crippen LogP contribution in [-0.4, -0.2) is 35.8 Å². The summed E-state index contributed by atoms with van der Waals surface area (Å²) in [6, 6.07) is 11.8. The fourth-order valence-electron chi connectivity index (χ4n) is 2.95. The molecule has 11 heteroatoms. The fraction of sp³-hybridized carbons (Fsp3) is 0.227. The molecule has 0 atom stereocenters. The summed E-state index contributed by atoms with van der Waals surface area (Å²) in [7, 11) is 1.44. The molecule has 1 heterocycles. The van der Waals surface area contributed by atoms with Gasteiger partial charge in [-0.25, -0.2) is 13.6 Å². The number of carbonyl (C=O) groups excluding carboxylic acids is 1. The van der Waals surface area contributed by atoms with Crippen LogP contribution in [0.4, 0.5) is 20.3 Å². The standard InChI is InChI=1S/C22H22F2N4O5/c1-32-10-9-28-20(26-18(29)13-33-17-8-7-15(23)11-16(17)24)19(21(30)27-22(28)31)25-12-14-5-3-2-4-6-14/h2-8,11,25H,9-10,12-13H2,1H3,(H,26,29)(H,27,30,31). The van der Waals surface area contributed by atoms with Gasteiger partial charge in [0.25, 0.3) is 11.5 Å². The maximum absolute atomic E-state index is 13.8. The predicted octanol–water partition coefficient (Wildman–Crippen LogP) is 2.09. The number of ether oxygens (including phenoxy) is 2. The van der Waals surface area contributed by atoms with E-state index in [1.807, 2.05) is 30.3 Å². The van der Waals surface area contributed by atoms with Gasteiger partial charge < -0.3 is 20.1 Å². The molecule has 1 aromatic heterocycles. The maximum atomic E-state index is 13.8. The van der Waals surface area contributed by atoms with Crippen molar-refractivity contribution in [3.05, 3.63) is 86.6 Å². The lowest BCUT2D eigenvalue weighted by Crippen LogP contribution is -2.36. The van der Waals surface area contributed by atoms with Gasteiger partial charge in [0.15, 0.2) is 18.2 Å². The topological polar surface area (TPSA) is 114 Å². The maximum Gasteiger partial charge on any atom is 0.330 e. The molecule has 3 aromatic rings. The Morgan fingerprint density at radius 3 is 2.58 bits per heavy atom. The number of hydrogen-bond donors (Lipinski definition) is 3. The van der Waals surface area contributed by atoms with Gasteiger partial charge in [-0.1, -0.05) is 30.3 Å². The molecular formula is C22H22F2N4O5. The number of nitrogens with one attached hydrogen (secondary N) is 3. The van der Waals surface area contributed by atoms with Gasteiger partial charge in [0.1, 0.15) is 17.3 Å². The third-order valence-corrected chi connectivity index (χ3v) is 4.54. The Hall–Kier alpha value is -3.99. The third kappa shape index (κ3) is 6.26. The molecule has 0 spiro atoms. The molecule has 0 radical (unpaired) electrons. The zero-order valence-corrected chi connectivity index (χ0v) is 17.7. The van der Waals surface area contributed by atoms with Crippen molar-refractivity contribution in [2.24, 2.45) is 0 Å². The summed E-state index contributed by atoms with van der Waals surface area (Å²) in [4.78, 5) is 39.6. The molecule has 3 N–H and O–H groups in total. The summed E-state index contributed by atoms with van der Waals surface area (Å²) >= 11 is 0. The van der Waals surface area contributed by atoms with E-state index in [0.29, 0.717) is 6.07 Å². The van der Waals surface area contributed by atoms with Gasteiger partial charge in [-0.05, 0) is 17.7 Å². The monoisotopic (exact) mass is 460 g/mol. The van der Waals surface area contributed by atoms with Crippen LogP contribution in [0, 0.1) is 11.6 Å². The molecule has 0 bridgehead atoms. The second-order valence-corrected chi connectivity index (χ2v) is 6.88. The van der Waals surface area contributed by atoms with Gasteiger partial charge in [0.2, 0.25) is 0 Å². The van der Waals surface area contributed by atoms with Crippen molar-refractivity contribution in [1.82, 2.24) is 9.55 Å². The average Bonchev–Trinajstić information content (AvgIpc) is 2.78. The number of aromatic amines is 1. The Bertz CT molecular complexity index is 1230. The van der Waals surface area contributed by atoms with Crippen LogP contribution in [0.25, 0.3) is 0 Å². The number of carbonyl (C=O) groups is 1. The van der Waals surface area contributed by atoms with Crippen molar-refractivity contribution < 1.29 is 23.0 Å². The molecular weight excluding hydrogens is 438 g/mol. The summed E-state index contributed by atoms with van der Waals surface area (Å²) < 4.78 is 38.0. The molecule has 0 aliphatic rings. The molecule has 0 saturated carbocycles. The second-order valence-electron chi connectivity index (χ2n) is 6.88. The van der Waals surface area contributed by atoms with E-state index in [0.717, 1.165) is 22.3 Å². The first-order chi connectivity index (χ1) is 15.9. The highest BCUT2D eigenvalue weighted by molar-refractivity contribution is 5.93. The minimum atomic E-state index is -0.971. The fourth-order valence-corrected chi connectivity index (χ4v) is 2.95. The van der Waals surface area contributed by atoms with Gasteiger partial charge in [-0.15, -0.1) is 0 Å². The number of nitrogens with zero attached hydrogens (tertiary/aromatic N) is 1. The average molecular weight is 460 g/mol. The number of aromatic nitrogens is 2. The summed E-state index contributed by atoms with van der Waals surface area (Å²) in [6.45, 7) is -0.238. The van der Waals surface area contributed by atoms with Crippen LogP contribution in [0.3, 0.4) is 0 Å². The van der Waals surface area contributed by atoms with Crippen LogP contribution in [0.5, 0.6) is 5.75 Å². The van der Waals surface area contributed by atoms with Gasteiger partial charge in [0, 0.05) is 19.7 Å². The molecule has 33 heavy (non-hydrogen) atoms. The first kappa shape index (κ1) is 23.7. The molecule has 0 saturated heterocycles. The first-order valence-corrected chi connectivity index (χ1v) is 9.90. The normalized spacial score (nSPS) is 10.6. The van der Waals surface area contributed by atoms with Crippen molar-refractivity contribution >= 4 is 17.4 Å². The van der Waals surface area contributed by atoms with E-state index in [-0.39, 0.29) is 37.0 Å². The lowest BCUT2D eigenvalue weighted by Gasteiger charge is -2.18. The highest BCUT2D eigenvalue weighted by Gasteiger charge is 2.18. The number of benzene rings is 2. The number of H-pyrrole nitrogens is 1. The van der Waals surface area contributed by atoms with E-state index in [4.69, 9.17) is 9.47 Å². The molecule has 0 aliphatic heterocycles. The minimum absolute atomic E-state index is 0.0369. The van der Waals surface area contributed by atoms with E-state index in [1.165, 1.54) is 7.11 Å². The molecule has 0 unspecified atom stereocenters. The summed E-state index contributed by atoms with van der Waals surface area (Å²) in [5.41, 5.74) is -0.664. The van der Waals surface area contributed by atoms with E-state index in [1.54, 1.807) is 0 Å². The predicted molar refractivity (Wildman–Crippen MR) is 117 cm³/mol. The van der Waals surface area contributed by atoms with Crippen LogP contribution in [-0.2, 0) is 22.6 Å². The summed E-state index contributed by atoms with van der Waals surface area (Å²) in [6.07, 6.45) is 0. The Balaban J connectivity index is 1.85. The van der Waals surface area contributed by atoms with Crippen LogP contribution >= 0.6 is 0 Å². The molecule has 174 valence electrons. The van der Waals surface area contributed by atoms with E-state index in [2.05, 4.69) is 15.6 Å². The van der Waals surface area contributed by atoms with Gasteiger partial charge in [0.05, 0.1) is 13.2 Å². The Labute approximate surface area is 187 Å². The molecule has 2 aromatic carbocycles. The summed E-state index contributed by atoms with van der Waals surface area (Å²) in [5, 5.41) is 5.41. The van der Waals surface area contributed by atoms with Crippen molar-refractivity contribution in [2.45, 2.75) is 13.1 Å². The van der Waals surface area contributed by atoms with E-state index in [9.17, 15) is 23.2 Å². The zero-order chi connectivity index (χ0) is 23.8. The van der Waals surface area contributed by atoms with Crippen molar-refractivity contribution in [2.75, 3.05) is 31.0 Å². The number of hydrogen-bond acceptors (Lipinski definition) is 6. The Morgan fingerprint density at radius 2 is 1.88 bits per heavy atom. The molecule has 0 aliphatic carbocycles. The molecule has 3 rings (SSSR count). The van der Waals surface area contributed by atoms with Gasteiger partial charge >= 0.3 is 5.69 Å². The highest BCUT2D eigenvalue weighted by atomic mass is 19.1. The van der Waals surface area contributed by atoms with Crippen LogP contribution in [0.15, 0.2) is 58.1 Å². The van der Waals surface area contributed by atoms with Crippen LogP contribution in [0.1, 0.15) is 5.56 Å². The number of amides is 1. The smallest absolute Gasteiger partial charge is 0.330 e. The number of rotatable bonds is 10. The minimum Gasteiger partial charge on any atom is -0.481 e. The Morgan fingerprint density at radius 1 is 1.12 bits per heavy atom. The largest absolute Gasteiger partial charge is 0.481 e. The lowest BCUT2D eigenvalue weighted by molar-refractivity contribution is -0.118. The highest BCUT2D eigenvalue weighted by Crippen LogP contribution is 2.19. The quantitative estimate of drug-likeness (QED) is 0.427. The number of anilines is 2. The third-order valence-electron chi connectivity index (χ3n) is 4.54. The van der Waals surface area contributed by atoms with E-state index < -0.39 is 35.4 Å². The molecule has 1 amide bonds. The van der Waals surface area contributed by atoms with Crippen LogP contribution < -0.4 is 26.6 Å². The summed E-state index contributed by atoms with van der Waals surface area (Å²) in [5.74, 6) is -2.94. The van der Waals surface area contributed by atoms with Crippen LogP contribution in [0.2, 0.25) is 0 Å². The molecule has 9 nitrogen and oxygen atoms in total. The van der Waals surface area contributed by atoms with Crippen molar-refractivity contribution in [1.29, 1.82) is 0 Å². The van der Waals surface area contributed by atoms with Gasteiger partial charge in [-0.3, -0.25) is 19.1 Å². The van der Waals surface area contributed by atoms with Gasteiger partial charge in [-0.2, -0.15) is 0 Å². The number of methoxy groups -OCH3 is 1. The second kappa shape index (κ2) is 11.0.